The maximum atomic E-state index is 3.49. The van der Waals surface area contributed by atoms with Crippen molar-refractivity contribution in [1.29, 1.82) is 0 Å². The molecule has 0 rings (SSSR count). The molecule has 0 aromatic carbocycles. The fourth-order valence-electron chi connectivity index (χ4n) is 0. The van der Waals surface area contributed by atoms with Gasteiger partial charge in [0.1, 0.15) is 0 Å². The van der Waals surface area contributed by atoms with Crippen molar-refractivity contribution in [2.45, 2.75) is 6.92 Å². The Balaban J connectivity index is 1.97. The van der Waals surface area contributed by atoms with Crippen LogP contribution in [0.3, 0.4) is 0 Å². The predicted octanol–water partition coefficient (Wildman–Crippen LogP) is -0.463. The summed E-state index contributed by atoms with van der Waals surface area (Å²) in [6.45, 7) is 2.78. The molecule has 0 amide bonds. The molecule has 0 spiro atoms. The van der Waals surface area contributed by atoms with Gasteiger partial charge in [-0.1, -0.05) is 6.92 Å². The zero-order chi connectivity index (χ0) is 3.41. The van der Waals surface area contributed by atoms with E-state index in [1.807, 2.05) is 6.92 Å². The Morgan fingerprint density at radius 2 is 2.25 bits per heavy atom. The van der Waals surface area contributed by atoms with Gasteiger partial charge in [0, 0.05) is 0 Å². The Bertz CT molecular complexity index is 6.00. The highest BCUT2D eigenvalue weighted by Gasteiger charge is 1.37. The molecule has 3 N–H and O–H groups in total. The summed E-state index contributed by atoms with van der Waals surface area (Å²) in [5.74, 6) is 3.23. The van der Waals surface area contributed by atoms with Crippen molar-refractivity contribution in [1.82, 2.24) is 0 Å². The molecular weight excluding hydrogens is 52.0 g/mol. The second kappa shape index (κ2) is 2.92. The Hall–Kier alpha value is -0.0800. The number of nitrogens with zero attached hydrogens (tertiary/aromatic N) is 1. The van der Waals surface area contributed by atoms with Gasteiger partial charge in [-0.3, -0.25) is 0 Å². The van der Waals surface area contributed by atoms with Gasteiger partial charge in [0.2, 0.25) is 0 Å². The first kappa shape index (κ1) is 3.92. The average Bonchev–Trinajstić information content (AvgIpc) is 1.37. The number of quaternary nitrogens is 1. The van der Waals surface area contributed by atoms with E-state index in [1.54, 1.807) is 0 Å². The molecule has 0 aliphatic rings. The molecule has 26 valence electrons. The lowest BCUT2D eigenvalue weighted by atomic mass is 10.8. The topological polar surface area (TPSA) is 41.7 Å². The standard InChI is InChI=1S/C2H8N2/c1-2-4-3/h2H2,1,3H3. The lowest BCUT2D eigenvalue weighted by Crippen LogP contribution is -2.41. The maximum absolute atomic E-state index is 3.49. The fourth-order valence-corrected chi connectivity index (χ4v) is 0. The van der Waals surface area contributed by atoms with Gasteiger partial charge in [0.05, 0.1) is 0 Å². The molecule has 0 aromatic rings. The zero-order valence-electron chi connectivity index (χ0n) is 2.86. The highest BCUT2D eigenvalue weighted by atomic mass is 15.2. The predicted molar refractivity (Wildman–Crippen MR) is 16.8 cm³/mol. The molecule has 0 fully saturated rings. The molecule has 0 aromatic heterocycles. The highest BCUT2D eigenvalue weighted by molar-refractivity contribution is 4.44. The lowest BCUT2D eigenvalue weighted by molar-refractivity contribution is -0.304. The van der Waals surface area contributed by atoms with Crippen LogP contribution in [0.15, 0.2) is 0 Å². The molecule has 0 aliphatic carbocycles. The Kier molecular flexibility index (Phi) is 2.86. The van der Waals surface area contributed by atoms with Crippen LogP contribution in [0, 0.1) is 0 Å². The third kappa shape index (κ3) is 1.92. The number of rotatable bonds is 1. The van der Waals surface area contributed by atoms with Crippen molar-refractivity contribution in [2.75, 3.05) is 6.54 Å². The van der Waals surface area contributed by atoms with Crippen LogP contribution < -0.4 is 5.84 Å². The van der Waals surface area contributed by atoms with Crippen molar-refractivity contribution in [3.05, 3.63) is 5.43 Å². The van der Waals surface area contributed by atoms with Crippen molar-refractivity contribution in [2.24, 2.45) is 0 Å². The van der Waals surface area contributed by atoms with Crippen molar-refractivity contribution in [3.8, 4) is 0 Å². The van der Waals surface area contributed by atoms with Crippen molar-refractivity contribution in [3.63, 3.8) is 0 Å². The first-order chi connectivity index (χ1) is 1.91. The van der Waals surface area contributed by atoms with Gasteiger partial charge in [-0.25, -0.2) is 0 Å². The third-order valence-corrected chi connectivity index (χ3v) is 0.224. The van der Waals surface area contributed by atoms with Crippen molar-refractivity contribution >= 4 is 0 Å². The number of hydrogen-bond acceptors (Lipinski definition) is 0. The van der Waals surface area contributed by atoms with E-state index >= 15 is 0 Å². The van der Waals surface area contributed by atoms with E-state index in [2.05, 4.69) is 11.3 Å². The molecule has 0 saturated carbocycles. The van der Waals surface area contributed by atoms with Gasteiger partial charge in [-0.05, 0) is 0 Å². The summed E-state index contributed by atoms with van der Waals surface area (Å²) in [5.41, 5.74) is 3.49. The van der Waals surface area contributed by atoms with Gasteiger partial charge in [-0.15, -0.1) is 6.54 Å². The minimum absolute atomic E-state index is 0.833. The minimum atomic E-state index is 0.833. The molecule has 0 saturated heterocycles. The highest BCUT2D eigenvalue weighted by Crippen LogP contribution is 1.54. The Morgan fingerprint density at radius 3 is 2.25 bits per heavy atom. The molecule has 2 nitrogen and oxygen atoms in total. The summed E-state index contributed by atoms with van der Waals surface area (Å²) in [5, 5.41) is 0. The molecular formula is C2H8N2. The van der Waals surface area contributed by atoms with Gasteiger partial charge < -0.3 is 11.3 Å². The summed E-state index contributed by atoms with van der Waals surface area (Å²) in [7, 11) is 0. The molecule has 4 heavy (non-hydrogen) atoms. The van der Waals surface area contributed by atoms with Crippen LogP contribution in [0.2, 0.25) is 0 Å². The summed E-state index contributed by atoms with van der Waals surface area (Å²) in [6.07, 6.45) is 0. The first-order valence-corrected chi connectivity index (χ1v) is 1.34. The van der Waals surface area contributed by atoms with Crippen LogP contribution >= 0.6 is 0 Å². The second-order valence-electron chi connectivity index (χ2n) is 0.540. The van der Waals surface area contributed by atoms with E-state index < -0.39 is 0 Å². The largest absolute Gasteiger partial charge is 0.458 e. The van der Waals surface area contributed by atoms with Crippen LogP contribution in [-0.4, -0.2) is 6.54 Å². The van der Waals surface area contributed by atoms with E-state index in [9.17, 15) is 0 Å². The quantitative estimate of drug-likeness (QED) is 0.398. The molecule has 0 unspecified atom stereocenters. The summed E-state index contributed by atoms with van der Waals surface area (Å²) in [6, 6.07) is 0. The lowest BCUT2D eigenvalue weighted by Gasteiger charge is -1.92. The molecule has 2 heteroatoms. The van der Waals surface area contributed by atoms with E-state index in [1.165, 1.54) is 0 Å². The Labute approximate surface area is 26.0 Å². The van der Waals surface area contributed by atoms with Gasteiger partial charge in [0.25, 0.3) is 0 Å². The van der Waals surface area contributed by atoms with Crippen LogP contribution in [0.4, 0.5) is 0 Å². The van der Waals surface area contributed by atoms with E-state index in [0.717, 1.165) is 6.54 Å². The second-order valence-corrected chi connectivity index (χ2v) is 0.540. The van der Waals surface area contributed by atoms with Crippen molar-refractivity contribution < 1.29 is 5.84 Å². The summed E-state index contributed by atoms with van der Waals surface area (Å²) in [4.78, 5) is 0. The summed E-state index contributed by atoms with van der Waals surface area (Å²) >= 11 is 0. The molecule has 0 aliphatic heterocycles. The fraction of sp³-hybridized carbons (Fsp3) is 1.00. The third-order valence-electron chi connectivity index (χ3n) is 0.224. The van der Waals surface area contributed by atoms with E-state index in [0.29, 0.717) is 0 Å². The SMILES string of the molecule is CC[N-][NH3+]. The average molecular weight is 60.1 g/mol. The van der Waals surface area contributed by atoms with Crippen LogP contribution in [0.1, 0.15) is 6.92 Å². The van der Waals surface area contributed by atoms with E-state index in [-0.39, 0.29) is 0 Å². The zero-order valence-corrected chi connectivity index (χ0v) is 2.86. The molecule has 0 radical (unpaired) electrons. The summed E-state index contributed by atoms with van der Waals surface area (Å²) < 4.78 is 0. The van der Waals surface area contributed by atoms with Crippen LogP contribution in [0.5, 0.6) is 0 Å². The van der Waals surface area contributed by atoms with E-state index in [4.69, 9.17) is 0 Å². The van der Waals surface area contributed by atoms with Gasteiger partial charge in [0.15, 0.2) is 0 Å². The molecule has 0 heterocycles. The Morgan fingerprint density at radius 1 is 2.00 bits per heavy atom. The maximum Gasteiger partial charge on any atom is -0.0807 e. The smallest absolute Gasteiger partial charge is 0.0807 e. The minimum Gasteiger partial charge on any atom is -0.458 e. The van der Waals surface area contributed by atoms with Gasteiger partial charge in [-0.2, -0.15) is 0 Å². The van der Waals surface area contributed by atoms with Gasteiger partial charge >= 0.3 is 0 Å². The van der Waals surface area contributed by atoms with Crippen LogP contribution in [0.25, 0.3) is 5.43 Å². The first-order valence-electron chi connectivity index (χ1n) is 1.34. The molecule has 0 bridgehead atoms. The van der Waals surface area contributed by atoms with Crippen LogP contribution in [-0.2, 0) is 0 Å². The monoisotopic (exact) mass is 60.1 g/mol. The number of hydrogen-bond donors (Lipinski definition) is 1. The normalized spacial score (nSPS) is 7.50. The molecule has 0 atom stereocenters.